The first-order valence-electron chi connectivity index (χ1n) is 5.77. The molecular weight excluding hydrogens is 172 g/mol. The average molecular weight is 196 g/mol. The lowest BCUT2D eigenvalue weighted by atomic mass is 10.1. The van der Waals surface area contributed by atoms with Gasteiger partial charge in [0.2, 0.25) is 0 Å². The van der Waals surface area contributed by atoms with Gasteiger partial charge in [-0.25, -0.2) is 0 Å². The summed E-state index contributed by atoms with van der Waals surface area (Å²) in [6, 6.07) is 0.474. The maximum atomic E-state index is 5.89. The lowest BCUT2D eigenvalue weighted by Gasteiger charge is -2.20. The Morgan fingerprint density at radius 2 is 2.29 bits per heavy atom. The third-order valence-corrected chi connectivity index (χ3v) is 3.10. The monoisotopic (exact) mass is 196 g/mol. The molecule has 0 aliphatic heterocycles. The normalized spacial score (nSPS) is 27.1. The van der Waals surface area contributed by atoms with E-state index in [-0.39, 0.29) is 0 Å². The van der Waals surface area contributed by atoms with Crippen LogP contribution in [0.3, 0.4) is 0 Å². The minimum atomic E-state index is 0.474. The zero-order valence-corrected chi connectivity index (χ0v) is 9.41. The molecule has 0 aromatic heterocycles. The summed E-state index contributed by atoms with van der Waals surface area (Å²) in [4.78, 5) is 2.44. The summed E-state index contributed by atoms with van der Waals surface area (Å²) in [6.07, 6.45) is 8.15. The second-order valence-corrected chi connectivity index (χ2v) is 4.63. The molecule has 2 unspecified atom stereocenters. The molecule has 1 aliphatic rings. The van der Waals surface area contributed by atoms with Gasteiger partial charge in [0.25, 0.3) is 0 Å². The van der Waals surface area contributed by atoms with Crippen molar-refractivity contribution in [3.8, 4) is 0 Å². The van der Waals surface area contributed by atoms with Crippen LogP contribution in [0.1, 0.15) is 32.1 Å². The largest absolute Gasteiger partial charge is 0.328 e. The molecule has 2 N–H and O–H groups in total. The molecular formula is C12H24N2. The fourth-order valence-corrected chi connectivity index (χ4v) is 2.32. The molecule has 0 heterocycles. The second-order valence-electron chi connectivity index (χ2n) is 4.63. The summed E-state index contributed by atoms with van der Waals surface area (Å²) in [6.45, 7) is 6.15. The van der Waals surface area contributed by atoms with Gasteiger partial charge in [0.1, 0.15) is 0 Å². The van der Waals surface area contributed by atoms with Gasteiger partial charge in [-0.3, -0.25) is 0 Å². The van der Waals surface area contributed by atoms with Crippen LogP contribution in [0.15, 0.2) is 12.7 Å². The number of hydrogen-bond donors (Lipinski definition) is 1. The van der Waals surface area contributed by atoms with Gasteiger partial charge in [-0.1, -0.05) is 6.08 Å². The molecule has 2 heteroatoms. The molecule has 2 nitrogen and oxygen atoms in total. The first kappa shape index (κ1) is 11.7. The molecule has 0 bridgehead atoms. The highest BCUT2D eigenvalue weighted by atomic mass is 15.1. The summed E-state index contributed by atoms with van der Waals surface area (Å²) >= 11 is 0. The van der Waals surface area contributed by atoms with Gasteiger partial charge in [-0.05, 0) is 51.6 Å². The van der Waals surface area contributed by atoms with Crippen LogP contribution in [-0.2, 0) is 0 Å². The van der Waals surface area contributed by atoms with Crippen molar-refractivity contribution in [2.24, 2.45) is 11.7 Å². The Bertz CT molecular complexity index is 168. The molecule has 0 saturated heterocycles. The quantitative estimate of drug-likeness (QED) is 0.520. The van der Waals surface area contributed by atoms with E-state index < -0.39 is 0 Å². The van der Waals surface area contributed by atoms with Gasteiger partial charge in [-0.15, -0.1) is 6.58 Å². The molecule has 2 atom stereocenters. The van der Waals surface area contributed by atoms with Crippen molar-refractivity contribution >= 4 is 0 Å². The number of nitrogens with two attached hydrogens (primary N) is 1. The molecule has 1 saturated carbocycles. The second kappa shape index (κ2) is 6.20. The smallest absolute Gasteiger partial charge is 0.00420 e. The van der Waals surface area contributed by atoms with Crippen molar-refractivity contribution in [1.82, 2.24) is 4.90 Å². The predicted molar refractivity (Wildman–Crippen MR) is 62.2 cm³/mol. The van der Waals surface area contributed by atoms with Crippen LogP contribution < -0.4 is 5.73 Å². The number of unbranched alkanes of at least 4 members (excludes halogenated alkanes) is 1. The topological polar surface area (TPSA) is 29.3 Å². The van der Waals surface area contributed by atoms with E-state index in [2.05, 4.69) is 18.5 Å². The molecule has 0 amide bonds. The molecule has 1 rings (SSSR count). The van der Waals surface area contributed by atoms with E-state index in [1.807, 2.05) is 6.08 Å². The average Bonchev–Trinajstić information content (AvgIpc) is 2.52. The van der Waals surface area contributed by atoms with Crippen molar-refractivity contribution in [2.75, 3.05) is 20.1 Å². The van der Waals surface area contributed by atoms with Crippen LogP contribution in [-0.4, -0.2) is 31.1 Å². The molecule has 0 aromatic rings. The van der Waals surface area contributed by atoms with Crippen LogP contribution in [0.2, 0.25) is 0 Å². The van der Waals surface area contributed by atoms with Crippen LogP contribution in [0.4, 0.5) is 0 Å². The molecule has 0 aromatic carbocycles. The maximum Gasteiger partial charge on any atom is 0.00420 e. The molecule has 14 heavy (non-hydrogen) atoms. The minimum absolute atomic E-state index is 0.474. The zero-order valence-electron chi connectivity index (χ0n) is 9.41. The summed E-state index contributed by atoms with van der Waals surface area (Å²) in [5.41, 5.74) is 5.89. The number of hydrogen-bond acceptors (Lipinski definition) is 2. The Morgan fingerprint density at radius 1 is 1.50 bits per heavy atom. The number of rotatable bonds is 6. The molecule has 0 radical (unpaired) electrons. The van der Waals surface area contributed by atoms with Crippen LogP contribution >= 0.6 is 0 Å². The van der Waals surface area contributed by atoms with E-state index in [0.717, 1.165) is 12.3 Å². The highest BCUT2D eigenvalue weighted by Gasteiger charge is 2.22. The van der Waals surface area contributed by atoms with Crippen LogP contribution in [0.25, 0.3) is 0 Å². The Morgan fingerprint density at radius 3 is 2.86 bits per heavy atom. The summed E-state index contributed by atoms with van der Waals surface area (Å²) < 4.78 is 0. The lowest BCUT2D eigenvalue weighted by molar-refractivity contribution is 0.275. The highest BCUT2D eigenvalue weighted by molar-refractivity contribution is 4.79. The Kier molecular flexibility index (Phi) is 5.20. The molecule has 1 fully saturated rings. The Labute approximate surface area is 88.2 Å². The highest BCUT2D eigenvalue weighted by Crippen LogP contribution is 2.24. The third-order valence-electron chi connectivity index (χ3n) is 3.10. The van der Waals surface area contributed by atoms with E-state index in [0.29, 0.717) is 6.04 Å². The van der Waals surface area contributed by atoms with E-state index in [9.17, 15) is 0 Å². The summed E-state index contributed by atoms with van der Waals surface area (Å²) in [5.74, 6) is 0.846. The van der Waals surface area contributed by atoms with Gasteiger partial charge in [0.05, 0.1) is 0 Å². The van der Waals surface area contributed by atoms with E-state index in [4.69, 9.17) is 5.73 Å². The van der Waals surface area contributed by atoms with Crippen molar-refractivity contribution < 1.29 is 0 Å². The maximum absolute atomic E-state index is 5.89. The van der Waals surface area contributed by atoms with Gasteiger partial charge in [0.15, 0.2) is 0 Å². The Hall–Kier alpha value is -0.340. The van der Waals surface area contributed by atoms with E-state index in [1.165, 1.54) is 38.8 Å². The fraction of sp³-hybridized carbons (Fsp3) is 0.833. The zero-order chi connectivity index (χ0) is 10.4. The summed E-state index contributed by atoms with van der Waals surface area (Å²) in [5, 5.41) is 0. The molecule has 0 spiro atoms. The van der Waals surface area contributed by atoms with Crippen LogP contribution in [0.5, 0.6) is 0 Å². The predicted octanol–water partition coefficient (Wildman–Crippen LogP) is 2.01. The lowest BCUT2D eigenvalue weighted by Crippen LogP contribution is -2.26. The van der Waals surface area contributed by atoms with Gasteiger partial charge in [0, 0.05) is 12.6 Å². The van der Waals surface area contributed by atoms with Crippen LogP contribution in [0, 0.1) is 5.92 Å². The SMILES string of the molecule is C=CCCCN(C)CC1CCC(N)C1. The fourth-order valence-electron chi connectivity index (χ4n) is 2.32. The van der Waals surface area contributed by atoms with Gasteiger partial charge in [-0.2, -0.15) is 0 Å². The minimum Gasteiger partial charge on any atom is -0.328 e. The van der Waals surface area contributed by atoms with Crippen molar-refractivity contribution in [2.45, 2.75) is 38.1 Å². The standard InChI is InChI=1S/C12H24N2/c1-3-4-5-8-14(2)10-11-6-7-12(13)9-11/h3,11-12H,1,4-10,13H2,2H3. The van der Waals surface area contributed by atoms with Gasteiger partial charge >= 0.3 is 0 Å². The van der Waals surface area contributed by atoms with Crippen molar-refractivity contribution in [3.63, 3.8) is 0 Å². The number of nitrogens with zero attached hydrogens (tertiary/aromatic N) is 1. The first-order chi connectivity index (χ1) is 6.72. The molecule has 82 valence electrons. The number of allylic oxidation sites excluding steroid dienone is 1. The van der Waals surface area contributed by atoms with Crippen molar-refractivity contribution in [3.05, 3.63) is 12.7 Å². The van der Waals surface area contributed by atoms with Crippen molar-refractivity contribution in [1.29, 1.82) is 0 Å². The Balaban J connectivity index is 2.07. The summed E-state index contributed by atoms with van der Waals surface area (Å²) in [7, 11) is 2.22. The third kappa shape index (κ3) is 4.25. The van der Waals surface area contributed by atoms with E-state index in [1.54, 1.807) is 0 Å². The molecule has 1 aliphatic carbocycles. The first-order valence-corrected chi connectivity index (χ1v) is 5.77. The van der Waals surface area contributed by atoms with E-state index >= 15 is 0 Å². The van der Waals surface area contributed by atoms with Gasteiger partial charge < -0.3 is 10.6 Å².